The van der Waals surface area contributed by atoms with Crippen molar-refractivity contribution >= 4 is 5.91 Å². The number of aromatic amines is 1. The van der Waals surface area contributed by atoms with Gasteiger partial charge in [-0.15, -0.1) is 0 Å². The number of furan rings is 1. The minimum atomic E-state index is -4.49. The normalized spacial score (nSPS) is 12.8. The lowest BCUT2D eigenvalue weighted by atomic mass is 10.0. The first-order chi connectivity index (χ1) is 11.4. The third kappa shape index (κ3) is 3.29. The lowest BCUT2D eigenvalue weighted by molar-refractivity contribution is -0.137. The average Bonchev–Trinajstić information content (AvgIpc) is 3.25. The van der Waals surface area contributed by atoms with Crippen LogP contribution in [0.5, 0.6) is 0 Å². The molecule has 0 saturated heterocycles. The highest BCUT2D eigenvalue weighted by Crippen LogP contribution is 2.31. The average molecular weight is 336 g/mol. The fourth-order valence-electron chi connectivity index (χ4n) is 2.17. The highest BCUT2D eigenvalue weighted by Gasteiger charge is 2.32. The largest absolute Gasteiger partial charge is 0.459 e. The van der Waals surface area contributed by atoms with Crippen LogP contribution in [-0.4, -0.2) is 21.1 Å². The molecule has 0 unspecified atom stereocenters. The molecule has 9 heteroatoms. The van der Waals surface area contributed by atoms with E-state index < -0.39 is 23.7 Å². The van der Waals surface area contributed by atoms with Crippen LogP contribution in [0.15, 0.2) is 53.4 Å². The molecule has 2 heterocycles. The Morgan fingerprint density at radius 2 is 2.08 bits per heavy atom. The first-order valence-corrected chi connectivity index (χ1v) is 6.82. The van der Waals surface area contributed by atoms with Gasteiger partial charge in [0, 0.05) is 0 Å². The van der Waals surface area contributed by atoms with E-state index in [-0.39, 0.29) is 17.1 Å². The zero-order valence-corrected chi connectivity index (χ0v) is 12.0. The summed E-state index contributed by atoms with van der Waals surface area (Å²) in [5.74, 6) is -0.348. The van der Waals surface area contributed by atoms with E-state index in [4.69, 9.17) is 4.42 Å². The van der Waals surface area contributed by atoms with Crippen molar-refractivity contribution in [3.63, 3.8) is 0 Å². The fraction of sp³-hybridized carbons (Fsp3) is 0.133. The molecule has 0 aliphatic heterocycles. The van der Waals surface area contributed by atoms with E-state index >= 15 is 0 Å². The van der Waals surface area contributed by atoms with E-state index in [1.165, 1.54) is 36.9 Å². The molecule has 0 spiro atoms. The van der Waals surface area contributed by atoms with Gasteiger partial charge < -0.3 is 9.73 Å². The van der Waals surface area contributed by atoms with E-state index in [1.54, 1.807) is 0 Å². The SMILES string of the molecule is O=C(N[C@H](c1cccc(C(F)(F)F)c1)c1ncn[nH]1)c1ccco1. The lowest BCUT2D eigenvalue weighted by Crippen LogP contribution is -2.30. The highest BCUT2D eigenvalue weighted by atomic mass is 19.4. The molecule has 124 valence electrons. The van der Waals surface area contributed by atoms with Gasteiger partial charge in [0.2, 0.25) is 0 Å². The molecule has 0 aliphatic carbocycles. The predicted molar refractivity (Wildman–Crippen MR) is 75.8 cm³/mol. The van der Waals surface area contributed by atoms with Crippen LogP contribution in [0, 0.1) is 0 Å². The van der Waals surface area contributed by atoms with Crippen LogP contribution in [-0.2, 0) is 6.18 Å². The number of hydrogen-bond acceptors (Lipinski definition) is 4. The zero-order valence-electron chi connectivity index (χ0n) is 12.0. The smallest absolute Gasteiger partial charge is 0.416 e. The molecule has 3 rings (SSSR count). The Kier molecular flexibility index (Phi) is 4.07. The summed E-state index contributed by atoms with van der Waals surface area (Å²) in [5.41, 5.74) is -0.613. The van der Waals surface area contributed by atoms with Crippen LogP contribution in [0.3, 0.4) is 0 Å². The summed E-state index contributed by atoms with van der Waals surface area (Å²) in [6.45, 7) is 0. The Morgan fingerprint density at radius 3 is 2.71 bits per heavy atom. The molecule has 0 radical (unpaired) electrons. The van der Waals surface area contributed by atoms with Crippen LogP contribution < -0.4 is 5.32 Å². The Labute approximate surface area is 133 Å². The molecule has 2 aromatic heterocycles. The van der Waals surface area contributed by atoms with E-state index in [2.05, 4.69) is 20.5 Å². The number of alkyl halides is 3. The van der Waals surface area contributed by atoms with Gasteiger partial charge in [0.1, 0.15) is 12.4 Å². The number of H-pyrrole nitrogens is 1. The van der Waals surface area contributed by atoms with Crippen LogP contribution in [0.2, 0.25) is 0 Å². The molecule has 24 heavy (non-hydrogen) atoms. The predicted octanol–water partition coefficient (Wildman–Crippen LogP) is 2.94. The molecule has 6 nitrogen and oxygen atoms in total. The number of hydrogen-bond donors (Lipinski definition) is 2. The monoisotopic (exact) mass is 336 g/mol. The molecule has 0 aliphatic rings. The van der Waals surface area contributed by atoms with Crippen LogP contribution >= 0.6 is 0 Å². The maximum atomic E-state index is 12.9. The first kappa shape index (κ1) is 15.8. The number of nitrogens with one attached hydrogen (secondary N) is 2. The van der Waals surface area contributed by atoms with Crippen molar-refractivity contribution in [2.75, 3.05) is 0 Å². The summed E-state index contributed by atoms with van der Waals surface area (Å²) in [6.07, 6.45) is -1.97. The van der Waals surface area contributed by atoms with Crippen molar-refractivity contribution in [2.45, 2.75) is 12.2 Å². The highest BCUT2D eigenvalue weighted by molar-refractivity contribution is 5.91. The van der Waals surface area contributed by atoms with Crippen molar-refractivity contribution in [3.05, 3.63) is 71.7 Å². The summed E-state index contributed by atoms with van der Waals surface area (Å²) in [7, 11) is 0. The van der Waals surface area contributed by atoms with Crippen LogP contribution in [0.4, 0.5) is 13.2 Å². The molecular formula is C15H11F3N4O2. The van der Waals surface area contributed by atoms with Gasteiger partial charge in [-0.05, 0) is 29.8 Å². The van der Waals surface area contributed by atoms with Crippen molar-refractivity contribution in [1.29, 1.82) is 0 Å². The Morgan fingerprint density at radius 1 is 1.25 bits per heavy atom. The minimum Gasteiger partial charge on any atom is -0.459 e. The number of carbonyl (C=O) groups excluding carboxylic acids is 1. The Hall–Kier alpha value is -3.10. The van der Waals surface area contributed by atoms with E-state index in [1.807, 2.05) is 0 Å². The minimum absolute atomic E-state index is 0.0338. The van der Waals surface area contributed by atoms with Crippen molar-refractivity contribution in [1.82, 2.24) is 20.5 Å². The second-order valence-corrected chi connectivity index (χ2v) is 4.88. The third-order valence-electron chi connectivity index (χ3n) is 3.27. The second kappa shape index (κ2) is 6.19. The molecule has 2 N–H and O–H groups in total. The summed E-state index contributed by atoms with van der Waals surface area (Å²) < 4.78 is 43.8. The number of aromatic nitrogens is 3. The van der Waals surface area contributed by atoms with Crippen molar-refractivity contribution < 1.29 is 22.4 Å². The van der Waals surface area contributed by atoms with Gasteiger partial charge in [0.25, 0.3) is 5.91 Å². The fourth-order valence-corrected chi connectivity index (χ4v) is 2.17. The number of amides is 1. The molecule has 3 aromatic rings. The summed E-state index contributed by atoms with van der Waals surface area (Å²) >= 11 is 0. The topological polar surface area (TPSA) is 83.8 Å². The molecule has 1 aromatic carbocycles. The molecular weight excluding hydrogens is 325 g/mol. The number of rotatable bonds is 4. The van der Waals surface area contributed by atoms with Crippen molar-refractivity contribution in [3.8, 4) is 0 Å². The number of carbonyl (C=O) groups is 1. The quantitative estimate of drug-likeness (QED) is 0.767. The molecule has 1 amide bonds. The zero-order chi connectivity index (χ0) is 17.2. The van der Waals surface area contributed by atoms with Crippen molar-refractivity contribution in [2.24, 2.45) is 0 Å². The maximum absolute atomic E-state index is 12.9. The van der Waals surface area contributed by atoms with Crippen LogP contribution in [0.1, 0.15) is 33.5 Å². The Balaban J connectivity index is 1.96. The van der Waals surface area contributed by atoms with Gasteiger partial charge in [-0.2, -0.15) is 18.3 Å². The van der Waals surface area contributed by atoms with E-state index in [0.717, 1.165) is 12.1 Å². The molecule has 1 atom stereocenters. The van der Waals surface area contributed by atoms with E-state index in [0.29, 0.717) is 0 Å². The first-order valence-electron chi connectivity index (χ1n) is 6.82. The number of benzene rings is 1. The molecule has 0 fully saturated rings. The van der Waals surface area contributed by atoms with Gasteiger partial charge in [-0.25, -0.2) is 4.98 Å². The number of halogens is 3. The van der Waals surface area contributed by atoms with Gasteiger partial charge in [-0.1, -0.05) is 12.1 Å². The molecule has 0 saturated carbocycles. The second-order valence-electron chi connectivity index (χ2n) is 4.88. The third-order valence-corrected chi connectivity index (χ3v) is 3.27. The maximum Gasteiger partial charge on any atom is 0.416 e. The van der Waals surface area contributed by atoms with Gasteiger partial charge in [-0.3, -0.25) is 9.89 Å². The lowest BCUT2D eigenvalue weighted by Gasteiger charge is -2.17. The van der Waals surface area contributed by atoms with Gasteiger partial charge >= 0.3 is 6.18 Å². The van der Waals surface area contributed by atoms with Gasteiger partial charge in [0.05, 0.1) is 11.8 Å². The standard InChI is InChI=1S/C15H11F3N4O2/c16-15(17,18)10-4-1-3-9(7-10)12(13-19-8-20-22-13)21-14(23)11-5-2-6-24-11/h1-8,12H,(H,21,23)(H,19,20,22)/t12-/m1/s1. The molecule has 0 bridgehead atoms. The summed E-state index contributed by atoms with van der Waals surface area (Å²) in [6, 6.07) is 6.67. The van der Waals surface area contributed by atoms with E-state index in [9.17, 15) is 18.0 Å². The number of nitrogens with zero attached hydrogens (tertiary/aromatic N) is 2. The Bertz CT molecular complexity index is 814. The summed E-state index contributed by atoms with van der Waals surface area (Å²) in [4.78, 5) is 16.1. The van der Waals surface area contributed by atoms with Gasteiger partial charge in [0.15, 0.2) is 11.6 Å². The van der Waals surface area contributed by atoms with Crippen LogP contribution in [0.25, 0.3) is 0 Å². The summed E-state index contributed by atoms with van der Waals surface area (Å²) in [5, 5.41) is 8.82.